The zero-order valence-corrected chi connectivity index (χ0v) is 14.7. The molecule has 0 atom stereocenters. The van der Waals surface area contributed by atoms with Crippen molar-refractivity contribution in [2.45, 2.75) is 12.8 Å². The van der Waals surface area contributed by atoms with Gasteiger partial charge < -0.3 is 11.1 Å². The van der Waals surface area contributed by atoms with Crippen LogP contribution >= 0.6 is 47.8 Å². The molecule has 20 heavy (non-hydrogen) atoms. The van der Waals surface area contributed by atoms with Crippen LogP contribution in [0.2, 0.25) is 5.02 Å². The topological polar surface area (TPSA) is 65.7 Å². The fourth-order valence-corrected chi connectivity index (χ4v) is 1.99. The first kappa shape index (κ1) is 17.3. The highest BCUT2D eigenvalue weighted by Gasteiger charge is 2.12. The zero-order chi connectivity index (χ0) is 13.7. The number of hydrogen-bond acceptors (Lipinski definition) is 4. The Morgan fingerprint density at radius 2 is 2.05 bits per heavy atom. The number of nitrogens with one attached hydrogen (secondary N) is 2. The molecule has 2 rings (SSSR count). The monoisotopic (exact) mass is 425 g/mol. The maximum Gasteiger partial charge on any atom is 0.210 e. The van der Waals surface area contributed by atoms with Crippen molar-refractivity contribution in [3.8, 4) is 0 Å². The van der Waals surface area contributed by atoms with E-state index in [0.29, 0.717) is 11.0 Å². The number of benzene rings is 1. The van der Waals surface area contributed by atoms with Crippen LogP contribution in [0.15, 0.2) is 29.3 Å². The van der Waals surface area contributed by atoms with Crippen molar-refractivity contribution in [1.29, 1.82) is 0 Å². The molecule has 0 saturated carbocycles. The number of nitrogens with two attached hydrogens (primary N) is 1. The number of anilines is 1. The molecule has 1 aliphatic heterocycles. The van der Waals surface area contributed by atoms with Gasteiger partial charge in [0.15, 0.2) is 5.11 Å². The lowest BCUT2D eigenvalue weighted by Crippen LogP contribution is -2.53. The van der Waals surface area contributed by atoms with Crippen molar-refractivity contribution in [3.05, 3.63) is 29.3 Å². The quantitative estimate of drug-likeness (QED) is 0.366. The Bertz CT molecular complexity index is 479. The molecular weight excluding hydrogens is 409 g/mol. The van der Waals surface area contributed by atoms with Gasteiger partial charge in [-0.15, -0.1) is 24.0 Å². The Morgan fingerprint density at radius 1 is 1.35 bits per heavy atom. The minimum atomic E-state index is 0. The van der Waals surface area contributed by atoms with E-state index in [-0.39, 0.29) is 29.1 Å². The molecule has 0 fully saturated rings. The van der Waals surface area contributed by atoms with Crippen LogP contribution in [0.4, 0.5) is 5.69 Å². The second-order valence-electron chi connectivity index (χ2n) is 4.13. The summed E-state index contributed by atoms with van der Waals surface area (Å²) in [4.78, 5) is 4.40. The predicted octanol–water partition coefficient (Wildman–Crippen LogP) is 2.25. The van der Waals surface area contributed by atoms with Gasteiger partial charge in [-0.2, -0.15) is 0 Å². The van der Waals surface area contributed by atoms with Gasteiger partial charge in [0.1, 0.15) is 0 Å². The lowest BCUT2D eigenvalue weighted by atomic mass is 10.3. The molecule has 0 aromatic heterocycles. The van der Waals surface area contributed by atoms with Gasteiger partial charge in [-0.3, -0.25) is 10.4 Å². The molecule has 0 spiro atoms. The Balaban J connectivity index is 0.00000200. The molecule has 0 aliphatic carbocycles. The molecule has 0 saturated heterocycles. The van der Waals surface area contributed by atoms with Gasteiger partial charge in [0.25, 0.3) is 0 Å². The Labute approximate surface area is 145 Å². The number of hydrazine groups is 1. The summed E-state index contributed by atoms with van der Waals surface area (Å²) >= 11 is 10.9. The van der Waals surface area contributed by atoms with E-state index in [2.05, 4.69) is 15.7 Å². The van der Waals surface area contributed by atoms with Crippen molar-refractivity contribution >= 4 is 64.6 Å². The first-order valence-corrected chi connectivity index (χ1v) is 6.85. The molecule has 1 aliphatic rings. The third-order valence-corrected chi connectivity index (χ3v) is 3.10. The van der Waals surface area contributed by atoms with E-state index in [1.54, 1.807) is 17.1 Å². The van der Waals surface area contributed by atoms with E-state index in [9.17, 15) is 0 Å². The summed E-state index contributed by atoms with van der Waals surface area (Å²) in [7, 11) is 0. The lowest BCUT2D eigenvalue weighted by molar-refractivity contribution is 0.744. The van der Waals surface area contributed by atoms with Crippen LogP contribution in [0, 0.1) is 0 Å². The van der Waals surface area contributed by atoms with Gasteiger partial charge in [-0.1, -0.05) is 11.6 Å². The Morgan fingerprint density at radius 3 is 2.70 bits per heavy atom. The van der Waals surface area contributed by atoms with E-state index in [0.717, 1.165) is 31.6 Å². The molecule has 0 amide bonds. The zero-order valence-electron chi connectivity index (χ0n) is 10.8. The van der Waals surface area contributed by atoms with E-state index in [4.69, 9.17) is 29.6 Å². The summed E-state index contributed by atoms with van der Waals surface area (Å²) in [5.74, 6) is 0.681. The summed E-state index contributed by atoms with van der Waals surface area (Å²) < 4.78 is 0. The predicted molar refractivity (Wildman–Crippen MR) is 98.8 cm³/mol. The first-order chi connectivity index (χ1) is 9.16. The van der Waals surface area contributed by atoms with Crippen molar-refractivity contribution in [3.63, 3.8) is 0 Å². The Hall–Kier alpha value is -0.800. The smallest absolute Gasteiger partial charge is 0.210 e. The van der Waals surface area contributed by atoms with Crippen LogP contribution < -0.4 is 21.5 Å². The molecular formula is C12H17ClIN5S. The standard InChI is InChI=1S/C12H16ClN5S.HI/c13-9-3-5-10(6-4-9)18(11(14)19)17-12-15-7-1-2-8-16-12;/h3-6H,1-2,7-8H2,(H2,14,19)(H2,15,16,17);1H. The number of hydrogen-bond donors (Lipinski definition) is 3. The van der Waals surface area contributed by atoms with Gasteiger partial charge in [0.05, 0.1) is 5.69 Å². The molecule has 5 nitrogen and oxygen atoms in total. The van der Waals surface area contributed by atoms with E-state index in [1.165, 1.54) is 0 Å². The average Bonchev–Trinajstić information content (AvgIpc) is 2.65. The minimum Gasteiger partial charge on any atom is -0.374 e. The number of nitrogens with zero attached hydrogens (tertiary/aromatic N) is 2. The summed E-state index contributed by atoms with van der Waals surface area (Å²) in [6.07, 6.45) is 2.18. The first-order valence-electron chi connectivity index (χ1n) is 6.07. The lowest BCUT2D eigenvalue weighted by Gasteiger charge is -2.25. The largest absolute Gasteiger partial charge is 0.374 e. The number of rotatable bonds is 1. The highest BCUT2D eigenvalue weighted by molar-refractivity contribution is 14.0. The van der Waals surface area contributed by atoms with Gasteiger partial charge in [0.2, 0.25) is 5.96 Å². The minimum absolute atomic E-state index is 0. The molecule has 1 heterocycles. The molecule has 1 aromatic rings. The maximum absolute atomic E-state index is 5.87. The highest BCUT2D eigenvalue weighted by atomic mass is 127. The van der Waals surface area contributed by atoms with Crippen LogP contribution in [0.3, 0.4) is 0 Å². The van der Waals surface area contributed by atoms with E-state index >= 15 is 0 Å². The third kappa shape index (κ3) is 4.95. The second-order valence-corrected chi connectivity index (χ2v) is 4.98. The van der Waals surface area contributed by atoms with Gasteiger partial charge in [0, 0.05) is 18.1 Å². The average molecular weight is 426 g/mol. The van der Waals surface area contributed by atoms with Crippen molar-refractivity contribution < 1.29 is 0 Å². The molecule has 0 radical (unpaired) electrons. The SMILES string of the molecule is I.NC(=S)N(NC1=NCCCCN1)c1ccc(Cl)cc1. The van der Waals surface area contributed by atoms with Gasteiger partial charge in [-0.25, -0.2) is 5.01 Å². The maximum atomic E-state index is 5.87. The number of halogens is 2. The summed E-state index contributed by atoms with van der Waals surface area (Å²) in [6.45, 7) is 1.68. The van der Waals surface area contributed by atoms with E-state index < -0.39 is 0 Å². The molecule has 0 unspecified atom stereocenters. The molecule has 4 N–H and O–H groups in total. The number of thiocarbonyl (C=S) groups is 1. The second kappa shape index (κ2) is 8.48. The molecule has 1 aromatic carbocycles. The van der Waals surface area contributed by atoms with Crippen LogP contribution in [0.5, 0.6) is 0 Å². The third-order valence-electron chi connectivity index (χ3n) is 2.67. The molecule has 110 valence electrons. The van der Waals surface area contributed by atoms with Crippen LogP contribution in [0.1, 0.15) is 12.8 Å². The van der Waals surface area contributed by atoms with Gasteiger partial charge in [-0.05, 0) is 49.3 Å². The van der Waals surface area contributed by atoms with Crippen LogP contribution in [-0.2, 0) is 0 Å². The van der Waals surface area contributed by atoms with Crippen LogP contribution in [0.25, 0.3) is 0 Å². The summed E-state index contributed by atoms with van der Waals surface area (Å²) in [6, 6.07) is 7.25. The molecule has 8 heteroatoms. The summed E-state index contributed by atoms with van der Waals surface area (Å²) in [5, 5.41) is 5.69. The Kier molecular flexibility index (Phi) is 7.31. The molecule has 0 bridgehead atoms. The normalized spacial score (nSPS) is 14.2. The highest BCUT2D eigenvalue weighted by Crippen LogP contribution is 2.16. The van der Waals surface area contributed by atoms with Crippen LogP contribution in [-0.4, -0.2) is 24.2 Å². The number of aliphatic imine (C=N–C) groups is 1. The summed E-state index contributed by atoms with van der Waals surface area (Å²) in [5.41, 5.74) is 9.65. The fraction of sp³-hybridized carbons (Fsp3) is 0.333. The van der Waals surface area contributed by atoms with Crippen molar-refractivity contribution in [1.82, 2.24) is 10.7 Å². The number of guanidine groups is 1. The van der Waals surface area contributed by atoms with Gasteiger partial charge >= 0.3 is 0 Å². The van der Waals surface area contributed by atoms with E-state index in [1.807, 2.05) is 12.1 Å². The van der Waals surface area contributed by atoms with Crippen molar-refractivity contribution in [2.24, 2.45) is 10.7 Å². The fourth-order valence-electron chi connectivity index (χ4n) is 1.71. The van der Waals surface area contributed by atoms with Crippen molar-refractivity contribution in [2.75, 3.05) is 18.1 Å².